The van der Waals surface area contributed by atoms with Crippen molar-refractivity contribution in [2.24, 2.45) is 0 Å². The van der Waals surface area contributed by atoms with Gasteiger partial charge in [0.15, 0.2) is 11.2 Å². The van der Waals surface area contributed by atoms with Crippen molar-refractivity contribution in [1.29, 1.82) is 0 Å². The predicted octanol–water partition coefficient (Wildman–Crippen LogP) is 6.61. The highest BCUT2D eigenvalue weighted by Gasteiger charge is 2.46. The summed E-state index contributed by atoms with van der Waals surface area (Å²) in [5.41, 5.74) is 12.2. The Morgan fingerprint density at radius 2 is 1.31 bits per heavy atom. The fourth-order valence-corrected chi connectivity index (χ4v) is 6.45. The van der Waals surface area contributed by atoms with Crippen molar-refractivity contribution in [3.05, 3.63) is 109 Å². The van der Waals surface area contributed by atoms with Crippen LogP contribution in [0.2, 0.25) is 0 Å². The van der Waals surface area contributed by atoms with Gasteiger partial charge in [-0.3, -0.25) is 0 Å². The second-order valence-electron chi connectivity index (χ2n) is 9.66. The third-order valence-corrected chi connectivity index (χ3v) is 7.88. The third-order valence-electron chi connectivity index (χ3n) is 7.88. The van der Waals surface area contributed by atoms with Gasteiger partial charge in [-0.15, -0.1) is 0 Å². The lowest BCUT2D eigenvalue weighted by atomic mass is 9.39. The van der Waals surface area contributed by atoms with E-state index < -0.39 is 0 Å². The van der Waals surface area contributed by atoms with Crippen molar-refractivity contribution in [2.75, 3.05) is 4.90 Å². The van der Waals surface area contributed by atoms with Gasteiger partial charge in [-0.25, -0.2) is 0 Å². The molecular formula is C32H18BNO2. The van der Waals surface area contributed by atoms with E-state index >= 15 is 0 Å². The van der Waals surface area contributed by atoms with Crippen LogP contribution >= 0.6 is 0 Å². The average Bonchev–Trinajstić information content (AvgIpc) is 3.59. The molecule has 0 bridgehead atoms. The molecule has 2 aliphatic heterocycles. The SMILES string of the molecule is c1ccc(N2c3ccccc3B3c4oc5c(ccc6c7ccccc7oc65)c4-c4cccc2c43)cc1. The van der Waals surface area contributed by atoms with Gasteiger partial charge in [-0.05, 0) is 59.0 Å². The summed E-state index contributed by atoms with van der Waals surface area (Å²) in [6, 6.07) is 38.6. The van der Waals surface area contributed by atoms with Crippen LogP contribution in [-0.4, -0.2) is 6.71 Å². The lowest BCUT2D eigenvalue weighted by molar-refractivity contribution is 0.625. The first kappa shape index (κ1) is 18.6. The summed E-state index contributed by atoms with van der Waals surface area (Å²) in [4.78, 5) is 2.39. The van der Waals surface area contributed by atoms with Crippen molar-refractivity contribution >= 4 is 73.3 Å². The van der Waals surface area contributed by atoms with E-state index in [9.17, 15) is 0 Å². The van der Waals surface area contributed by atoms with E-state index in [0.717, 1.165) is 44.3 Å². The molecule has 0 radical (unpaired) electrons. The van der Waals surface area contributed by atoms with E-state index in [4.69, 9.17) is 8.83 Å². The summed E-state index contributed by atoms with van der Waals surface area (Å²) >= 11 is 0. The molecule has 2 aromatic heterocycles. The first-order chi connectivity index (χ1) is 17.9. The Morgan fingerprint density at radius 3 is 2.25 bits per heavy atom. The molecule has 166 valence electrons. The van der Waals surface area contributed by atoms with Crippen molar-refractivity contribution < 1.29 is 8.83 Å². The smallest absolute Gasteiger partial charge is 0.293 e. The van der Waals surface area contributed by atoms with E-state index in [-0.39, 0.29) is 6.71 Å². The van der Waals surface area contributed by atoms with Crippen LogP contribution in [0.5, 0.6) is 0 Å². The molecule has 0 atom stereocenters. The van der Waals surface area contributed by atoms with Gasteiger partial charge in [0.1, 0.15) is 5.58 Å². The molecule has 0 N–H and O–H groups in total. The summed E-state index contributed by atoms with van der Waals surface area (Å²) in [6.45, 7) is 0.0502. The lowest BCUT2D eigenvalue weighted by Crippen LogP contribution is -2.54. The minimum atomic E-state index is 0.0502. The molecule has 0 fully saturated rings. The average molecular weight is 459 g/mol. The van der Waals surface area contributed by atoms with Crippen molar-refractivity contribution in [2.45, 2.75) is 0 Å². The second-order valence-corrected chi connectivity index (χ2v) is 9.66. The number of benzene rings is 5. The second kappa shape index (κ2) is 6.49. The summed E-state index contributed by atoms with van der Waals surface area (Å²) in [6.07, 6.45) is 0. The molecule has 0 amide bonds. The molecule has 0 spiro atoms. The largest absolute Gasteiger partial charge is 0.466 e. The normalized spacial score (nSPS) is 13.4. The quantitative estimate of drug-likeness (QED) is 0.259. The number of para-hydroxylation sites is 3. The summed E-state index contributed by atoms with van der Waals surface area (Å²) in [7, 11) is 0. The maximum Gasteiger partial charge on any atom is 0.293 e. The topological polar surface area (TPSA) is 29.5 Å². The van der Waals surface area contributed by atoms with Gasteiger partial charge < -0.3 is 13.7 Å². The van der Waals surface area contributed by atoms with E-state index in [1.54, 1.807) is 0 Å². The van der Waals surface area contributed by atoms with Gasteiger partial charge in [0, 0.05) is 38.8 Å². The van der Waals surface area contributed by atoms with Crippen LogP contribution in [0.25, 0.3) is 44.0 Å². The fourth-order valence-electron chi connectivity index (χ4n) is 6.45. The highest BCUT2D eigenvalue weighted by molar-refractivity contribution is 7.01. The number of anilines is 3. The lowest BCUT2D eigenvalue weighted by Gasteiger charge is -2.35. The molecule has 0 unspecified atom stereocenters. The monoisotopic (exact) mass is 459 g/mol. The zero-order valence-corrected chi connectivity index (χ0v) is 19.2. The number of nitrogens with zero attached hydrogens (tertiary/aromatic N) is 1. The Kier molecular flexibility index (Phi) is 3.36. The number of rotatable bonds is 1. The highest BCUT2D eigenvalue weighted by Crippen LogP contribution is 2.44. The number of furan rings is 2. The van der Waals surface area contributed by atoms with Gasteiger partial charge in [-0.2, -0.15) is 0 Å². The van der Waals surface area contributed by atoms with Gasteiger partial charge in [0.25, 0.3) is 6.71 Å². The van der Waals surface area contributed by atoms with Crippen LogP contribution < -0.4 is 21.5 Å². The van der Waals surface area contributed by atoms with Gasteiger partial charge in [0.2, 0.25) is 0 Å². The van der Waals surface area contributed by atoms with Crippen molar-refractivity contribution in [3.8, 4) is 11.1 Å². The Bertz CT molecular complexity index is 2020. The number of hydrogen-bond donors (Lipinski definition) is 0. The van der Waals surface area contributed by atoms with Crippen LogP contribution in [0.15, 0.2) is 118 Å². The Morgan fingerprint density at radius 1 is 0.556 bits per heavy atom. The van der Waals surface area contributed by atoms with Crippen LogP contribution in [0.4, 0.5) is 17.1 Å². The zero-order chi connectivity index (χ0) is 23.4. The Hall–Kier alpha value is -4.70. The van der Waals surface area contributed by atoms with E-state index in [2.05, 4.69) is 102 Å². The molecule has 4 heterocycles. The van der Waals surface area contributed by atoms with Crippen LogP contribution in [-0.2, 0) is 0 Å². The molecule has 2 aliphatic rings. The Balaban J connectivity index is 1.39. The predicted molar refractivity (Wildman–Crippen MR) is 148 cm³/mol. The minimum Gasteiger partial charge on any atom is -0.466 e. The molecule has 4 heteroatoms. The molecule has 9 rings (SSSR count). The van der Waals surface area contributed by atoms with E-state index in [1.165, 1.54) is 33.4 Å². The van der Waals surface area contributed by atoms with Crippen LogP contribution in [0.3, 0.4) is 0 Å². The molecule has 3 nitrogen and oxygen atoms in total. The molecule has 5 aromatic carbocycles. The van der Waals surface area contributed by atoms with Crippen LogP contribution in [0.1, 0.15) is 0 Å². The van der Waals surface area contributed by atoms with Gasteiger partial charge >= 0.3 is 0 Å². The van der Waals surface area contributed by atoms with Crippen LogP contribution in [0, 0.1) is 0 Å². The number of hydrogen-bond acceptors (Lipinski definition) is 3. The summed E-state index contributed by atoms with van der Waals surface area (Å²) in [5.74, 6) is 0. The Labute approximate surface area is 207 Å². The first-order valence-corrected chi connectivity index (χ1v) is 12.3. The summed E-state index contributed by atoms with van der Waals surface area (Å²) in [5, 5.41) is 3.33. The van der Waals surface area contributed by atoms with Crippen molar-refractivity contribution in [1.82, 2.24) is 0 Å². The molecule has 0 saturated heterocycles. The van der Waals surface area contributed by atoms with Gasteiger partial charge in [0.05, 0.1) is 5.66 Å². The van der Waals surface area contributed by atoms with Crippen molar-refractivity contribution in [3.63, 3.8) is 0 Å². The standard InChI is InChI=1S/C32H18BNO2/c1-2-9-19(10-3-1)34-25-14-6-5-13-24(25)33-29-22(12-8-15-26(29)34)28-23-18-17-21-20-11-4-7-16-27(20)35-30(21)31(23)36-32(28)33/h1-18H. The molecule has 0 saturated carbocycles. The number of fused-ring (bicyclic) bond motifs is 11. The highest BCUT2D eigenvalue weighted by atomic mass is 16.4. The fraction of sp³-hybridized carbons (Fsp3) is 0. The van der Waals surface area contributed by atoms with E-state index in [1.807, 2.05) is 12.1 Å². The summed E-state index contributed by atoms with van der Waals surface area (Å²) < 4.78 is 13.2. The van der Waals surface area contributed by atoms with Gasteiger partial charge in [-0.1, -0.05) is 66.7 Å². The molecule has 0 aliphatic carbocycles. The first-order valence-electron chi connectivity index (χ1n) is 12.3. The maximum atomic E-state index is 6.81. The zero-order valence-electron chi connectivity index (χ0n) is 19.2. The third kappa shape index (κ3) is 2.16. The minimum absolute atomic E-state index is 0.0502. The molecule has 36 heavy (non-hydrogen) atoms. The van der Waals surface area contributed by atoms with E-state index in [0.29, 0.717) is 0 Å². The maximum absolute atomic E-state index is 6.81. The molecule has 7 aromatic rings. The molecular weight excluding hydrogens is 441 g/mol.